The summed E-state index contributed by atoms with van der Waals surface area (Å²) in [4.78, 5) is 4.41. The minimum absolute atomic E-state index is 0.698. The Labute approximate surface area is 105 Å². The fourth-order valence-electron chi connectivity index (χ4n) is 1.53. The molecule has 0 aromatic carbocycles. The number of hydrogen-bond acceptors (Lipinski definition) is 4. The Morgan fingerprint density at radius 1 is 1.47 bits per heavy atom. The van der Waals surface area contributed by atoms with E-state index in [4.69, 9.17) is 4.74 Å². The molecule has 0 amide bonds. The van der Waals surface area contributed by atoms with Crippen LogP contribution in [0.1, 0.15) is 17.8 Å². The maximum Gasteiger partial charge on any atom is 0.122 e. The molecule has 1 atom stereocenters. The molecule has 1 unspecified atom stereocenters. The van der Waals surface area contributed by atoms with Crippen LogP contribution in [0.4, 0.5) is 0 Å². The molecule has 0 aliphatic rings. The Bertz CT molecular complexity index is 383. The average Bonchev–Trinajstić information content (AvgIpc) is 2.27. The molecule has 0 bridgehead atoms. The van der Waals surface area contributed by atoms with Gasteiger partial charge >= 0.3 is 0 Å². The van der Waals surface area contributed by atoms with E-state index < -0.39 is 10.8 Å². The smallest absolute Gasteiger partial charge is 0.122 e. The predicted octanol–water partition coefficient (Wildman–Crippen LogP) is 1.26. The van der Waals surface area contributed by atoms with Crippen LogP contribution in [0.5, 0.6) is 5.75 Å². The lowest BCUT2D eigenvalue weighted by atomic mass is 10.3. The third-order valence-electron chi connectivity index (χ3n) is 2.31. The first kappa shape index (κ1) is 14.1. The van der Waals surface area contributed by atoms with Crippen LogP contribution in [0.15, 0.2) is 12.1 Å². The van der Waals surface area contributed by atoms with Crippen LogP contribution in [0, 0.1) is 6.92 Å². The summed E-state index contributed by atoms with van der Waals surface area (Å²) in [6.07, 6.45) is 2.65. The highest BCUT2D eigenvalue weighted by Crippen LogP contribution is 2.12. The molecule has 0 radical (unpaired) electrons. The monoisotopic (exact) mass is 256 g/mol. The summed E-state index contributed by atoms with van der Waals surface area (Å²) in [7, 11) is 0.957. The molecular formula is C12H20N2O2S. The molecule has 0 saturated carbocycles. The number of aromatic nitrogens is 1. The zero-order valence-electron chi connectivity index (χ0n) is 10.7. The minimum atomic E-state index is -0.698. The van der Waals surface area contributed by atoms with Gasteiger partial charge in [0, 0.05) is 47.2 Å². The summed E-state index contributed by atoms with van der Waals surface area (Å²) >= 11 is 0. The van der Waals surface area contributed by atoms with E-state index in [2.05, 4.69) is 10.3 Å². The molecule has 0 spiro atoms. The third-order valence-corrected chi connectivity index (χ3v) is 3.17. The van der Waals surface area contributed by atoms with Gasteiger partial charge in [0.05, 0.1) is 12.8 Å². The molecule has 0 aliphatic carbocycles. The van der Waals surface area contributed by atoms with Crippen LogP contribution >= 0.6 is 0 Å². The Balaban J connectivity index is 2.36. The van der Waals surface area contributed by atoms with Gasteiger partial charge in [-0.05, 0) is 19.9 Å². The summed E-state index contributed by atoms with van der Waals surface area (Å²) in [6, 6.07) is 3.84. The van der Waals surface area contributed by atoms with Gasteiger partial charge in [-0.2, -0.15) is 0 Å². The standard InChI is InChI=1S/C12H20N2O2S/c1-10-7-12(16-2)8-11(14-10)9-13-5-4-6-17(3)15/h7-8,13H,4-6,9H2,1-3H3. The molecule has 1 aromatic heterocycles. The molecule has 1 aromatic rings. The van der Waals surface area contributed by atoms with Crippen molar-refractivity contribution in [1.29, 1.82) is 0 Å². The average molecular weight is 256 g/mol. The summed E-state index contributed by atoms with van der Waals surface area (Å²) in [5.74, 6) is 1.58. The van der Waals surface area contributed by atoms with Crippen molar-refractivity contribution in [2.75, 3.05) is 25.7 Å². The number of nitrogens with zero attached hydrogens (tertiary/aromatic N) is 1. The SMILES string of the molecule is COc1cc(C)nc(CNCCCS(C)=O)c1. The Kier molecular flexibility index (Phi) is 6.15. The summed E-state index contributed by atoms with van der Waals surface area (Å²) in [5, 5.41) is 3.28. The molecule has 1 N–H and O–H groups in total. The van der Waals surface area contributed by atoms with E-state index in [1.54, 1.807) is 13.4 Å². The van der Waals surface area contributed by atoms with Gasteiger partial charge < -0.3 is 10.1 Å². The molecular weight excluding hydrogens is 236 g/mol. The van der Waals surface area contributed by atoms with E-state index in [0.717, 1.165) is 35.9 Å². The first-order chi connectivity index (χ1) is 8.11. The number of ether oxygens (including phenoxy) is 1. The number of hydrogen-bond donors (Lipinski definition) is 1. The second kappa shape index (κ2) is 7.40. The second-order valence-electron chi connectivity index (χ2n) is 3.95. The van der Waals surface area contributed by atoms with Crippen molar-refractivity contribution in [3.05, 3.63) is 23.5 Å². The van der Waals surface area contributed by atoms with Gasteiger partial charge in [0.2, 0.25) is 0 Å². The molecule has 17 heavy (non-hydrogen) atoms. The van der Waals surface area contributed by atoms with Gasteiger partial charge in [-0.3, -0.25) is 9.19 Å². The van der Waals surface area contributed by atoms with Crippen LogP contribution < -0.4 is 10.1 Å². The summed E-state index contributed by atoms with van der Waals surface area (Å²) < 4.78 is 16.0. The molecule has 4 nitrogen and oxygen atoms in total. The van der Waals surface area contributed by atoms with E-state index in [1.807, 2.05) is 19.1 Å². The van der Waals surface area contributed by atoms with Crippen molar-refractivity contribution in [3.8, 4) is 5.75 Å². The van der Waals surface area contributed by atoms with Crippen LogP contribution in [-0.4, -0.2) is 34.9 Å². The Morgan fingerprint density at radius 3 is 2.88 bits per heavy atom. The molecule has 0 aliphatic heterocycles. The molecule has 1 rings (SSSR count). The highest BCUT2D eigenvalue weighted by atomic mass is 32.2. The van der Waals surface area contributed by atoms with Crippen LogP contribution in [0.25, 0.3) is 0 Å². The van der Waals surface area contributed by atoms with Crippen molar-refractivity contribution >= 4 is 10.8 Å². The van der Waals surface area contributed by atoms with Gasteiger partial charge in [-0.15, -0.1) is 0 Å². The molecule has 1 heterocycles. The molecule has 0 saturated heterocycles. The highest BCUT2D eigenvalue weighted by Gasteiger charge is 2.00. The van der Waals surface area contributed by atoms with Crippen LogP contribution in [0.3, 0.4) is 0 Å². The lowest BCUT2D eigenvalue weighted by Crippen LogP contribution is -2.17. The Morgan fingerprint density at radius 2 is 2.24 bits per heavy atom. The van der Waals surface area contributed by atoms with Gasteiger partial charge in [-0.1, -0.05) is 0 Å². The van der Waals surface area contributed by atoms with Crippen molar-refractivity contribution in [3.63, 3.8) is 0 Å². The van der Waals surface area contributed by atoms with Gasteiger partial charge in [-0.25, -0.2) is 0 Å². The number of pyridine rings is 1. The quantitative estimate of drug-likeness (QED) is 0.746. The third kappa shape index (κ3) is 5.79. The first-order valence-electron chi connectivity index (χ1n) is 5.64. The van der Waals surface area contributed by atoms with Crippen LogP contribution in [0.2, 0.25) is 0 Å². The van der Waals surface area contributed by atoms with E-state index in [-0.39, 0.29) is 0 Å². The molecule has 0 fully saturated rings. The van der Waals surface area contributed by atoms with Gasteiger partial charge in [0.15, 0.2) is 0 Å². The highest BCUT2D eigenvalue weighted by molar-refractivity contribution is 7.84. The van der Waals surface area contributed by atoms with Gasteiger partial charge in [0.1, 0.15) is 5.75 Å². The zero-order chi connectivity index (χ0) is 12.7. The second-order valence-corrected chi connectivity index (χ2v) is 5.50. The lowest BCUT2D eigenvalue weighted by Gasteiger charge is -2.07. The minimum Gasteiger partial charge on any atom is -0.497 e. The van der Waals surface area contributed by atoms with E-state index in [1.165, 1.54) is 0 Å². The molecule has 5 heteroatoms. The van der Waals surface area contributed by atoms with Crippen LogP contribution in [-0.2, 0) is 17.3 Å². The van der Waals surface area contributed by atoms with E-state index in [9.17, 15) is 4.21 Å². The summed E-state index contributed by atoms with van der Waals surface area (Å²) in [5.41, 5.74) is 1.93. The fourth-order valence-corrected chi connectivity index (χ4v) is 2.08. The van der Waals surface area contributed by atoms with Crippen molar-refractivity contribution in [2.45, 2.75) is 19.9 Å². The van der Waals surface area contributed by atoms with Crippen molar-refractivity contribution in [1.82, 2.24) is 10.3 Å². The lowest BCUT2D eigenvalue weighted by molar-refractivity contribution is 0.412. The normalized spacial score (nSPS) is 12.4. The number of nitrogens with one attached hydrogen (secondary N) is 1. The largest absolute Gasteiger partial charge is 0.497 e. The van der Waals surface area contributed by atoms with Crippen molar-refractivity contribution in [2.24, 2.45) is 0 Å². The first-order valence-corrected chi connectivity index (χ1v) is 7.37. The zero-order valence-corrected chi connectivity index (χ0v) is 11.5. The Hall–Kier alpha value is -0.940. The topological polar surface area (TPSA) is 51.2 Å². The maximum absolute atomic E-state index is 10.9. The summed E-state index contributed by atoms with van der Waals surface area (Å²) in [6.45, 7) is 3.53. The van der Waals surface area contributed by atoms with Gasteiger partial charge in [0.25, 0.3) is 0 Å². The predicted molar refractivity (Wildman–Crippen MR) is 70.8 cm³/mol. The van der Waals surface area contributed by atoms with Crippen molar-refractivity contribution < 1.29 is 8.95 Å². The maximum atomic E-state index is 10.9. The number of rotatable bonds is 7. The number of methoxy groups -OCH3 is 1. The van der Waals surface area contributed by atoms with E-state index in [0.29, 0.717) is 6.54 Å². The number of aryl methyl sites for hydroxylation is 1. The molecule has 96 valence electrons. The van der Waals surface area contributed by atoms with E-state index >= 15 is 0 Å². The fraction of sp³-hybridized carbons (Fsp3) is 0.583.